The summed E-state index contributed by atoms with van der Waals surface area (Å²) in [5, 5.41) is 2.85. The average molecular weight is 167 g/mol. The van der Waals surface area contributed by atoms with Crippen molar-refractivity contribution in [1.29, 1.82) is 0 Å². The molecule has 0 heterocycles. The molecule has 0 atom stereocenters. The molecule has 5 heteroatoms. The van der Waals surface area contributed by atoms with Crippen molar-refractivity contribution in [1.82, 2.24) is 5.32 Å². The standard InChI is InChI=1S/C5H13NO3S/c1-2-3-6-4-5-10(7,8)9/h6H,2-5H2,1H3,(H,7,8,9). The van der Waals surface area contributed by atoms with Gasteiger partial charge in [-0.05, 0) is 13.0 Å². The smallest absolute Gasteiger partial charge is 0.266 e. The van der Waals surface area contributed by atoms with E-state index in [1.807, 2.05) is 6.92 Å². The maximum Gasteiger partial charge on any atom is 0.266 e. The quantitative estimate of drug-likeness (QED) is 0.442. The van der Waals surface area contributed by atoms with Crippen molar-refractivity contribution in [2.75, 3.05) is 18.8 Å². The van der Waals surface area contributed by atoms with Crippen LogP contribution in [-0.2, 0) is 10.1 Å². The van der Waals surface area contributed by atoms with Crippen molar-refractivity contribution in [2.24, 2.45) is 0 Å². The van der Waals surface area contributed by atoms with Crippen LogP contribution in [0.1, 0.15) is 13.3 Å². The molecule has 0 aromatic rings. The molecular weight excluding hydrogens is 154 g/mol. The summed E-state index contributed by atoms with van der Waals surface area (Å²) in [6.07, 6.45) is 0.964. The van der Waals surface area contributed by atoms with Crippen LogP contribution in [0.15, 0.2) is 0 Å². The SMILES string of the molecule is CCCNCCS(=O)(=O)O. The van der Waals surface area contributed by atoms with Crippen molar-refractivity contribution in [3.63, 3.8) is 0 Å². The lowest BCUT2D eigenvalue weighted by Crippen LogP contribution is -2.23. The van der Waals surface area contributed by atoms with E-state index in [1.165, 1.54) is 0 Å². The first-order valence-corrected chi connectivity index (χ1v) is 4.83. The average Bonchev–Trinajstić information content (AvgIpc) is 1.78. The number of rotatable bonds is 5. The first kappa shape index (κ1) is 9.87. The van der Waals surface area contributed by atoms with Crippen LogP contribution in [0.3, 0.4) is 0 Å². The molecule has 62 valence electrons. The highest BCUT2D eigenvalue weighted by molar-refractivity contribution is 7.85. The fourth-order valence-corrected chi connectivity index (χ4v) is 0.905. The molecule has 0 amide bonds. The third-order valence-corrected chi connectivity index (χ3v) is 1.68. The largest absolute Gasteiger partial charge is 0.316 e. The Morgan fingerprint density at radius 2 is 2.00 bits per heavy atom. The summed E-state index contributed by atoms with van der Waals surface area (Å²) in [5.74, 6) is -0.201. The summed E-state index contributed by atoms with van der Waals surface area (Å²) in [4.78, 5) is 0. The maximum atomic E-state index is 10.1. The second kappa shape index (κ2) is 4.65. The van der Waals surface area contributed by atoms with Crippen LogP contribution in [0.25, 0.3) is 0 Å². The van der Waals surface area contributed by atoms with E-state index in [-0.39, 0.29) is 5.75 Å². The van der Waals surface area contributed by atoms with Crippen LogP contribution in [0.4, 0.5) is 0 Å². The summed E-state index contributed by atoms with van der Waals surface area (Å²) in [6, 6.07) is 0. The fourth-order valence-electron chi connectivity index (χ4n) is 0.503. The maximum absolute atomic E-state index is 10.1. The van der Waals surface area contributed by atoms with Gasteiger partial charge in [-0.2, -0.15) is 8.42 Å². The van der Waals surface area contributed by atoms with Crippen LogP contribution in [-0.4, -0.2) is 31.8 Å². The number of nitrogens with one attached hydrogen (secondary N) is 1. The number of hydrogen-bond donors (Lipinski definition) is 2. The highest BCUT2D eigenvalue weighted by Gasteiger charge is 2.01. The van der Waals surface area contributed by atoms with E-state index in [1.54, 1.807) is 0 Å². The second-order valence-corrected chi connectivity index (χ2v) is 3.61. The summed E-state index contributed by atoms with van der Waals surface area (Å²) in [5.41, 5.74) is 0. The zero-order valence-corrected chi connectivity index (χ0v) is 6.82. The highest BCUT2D eigenvalue weighted by atomic mass is 32.2. The lowest BCUT2D eigenvalue weighted by Gasteiger charge is -1.98. The Bertz CT molecular complexity index is 164. The van der Waals surface area contributed by atoms with Crippen molar-refractivity contribution in [3.8, 4) is 0 Å². The van der Waals surface area contributed by atoms with Crippen molar-refractivity contribution in [3.05, 3.63) is 0 Å². The van der Waals surface area contributed by atoms with Gasteiger partial charge in [0.05, 0.1) is 5.75 Å². The normalized spacial score (nSPS) is 11.8. The Morgan fingerprint density at radius 3 is 2.40 bits per heavy atom. The lowest BCUT2D eigenvalue weighted by atomic mass is 10.5. The zero-order chi connectivity index (χ0) is 8.04. The predicted octanol–water partition coefficient (Wildman–Crippen LogP) is -0.126. The first-order chi connectivity index (χ1) is 4.56. The van der Waals surface area contributed by atoms with Crippen LogP contribution in [0.5, 0.6) is 0 Å². The minimum absolute atomic E-state index is 0.201. The summed E-state index contributed by atoms with van der Waals surface area (Å²) >= 11 is 0. The molecule has 0 rings (SSSR count). The highest BCUT2D eigenvalue weighted by Crippen LogP contribution is 1.78. The van der Waals surface area contributed by atoms with E-state index >= 15 is 0 Å². The van der Waals surface area contributed by atoms with Gasteiger partial charge in [0.1, 0.15) is 0 Å². The molecule has 0 aromatic heterocycles. The third kappa shape index (κ3) is 7.87. The molecule has 0 radical (unpaired) electrons. The Balaban J connectivity index is 3.21. The van der Waals surface area contributed by atoms with Crippen LogP contribution < -0.4 is 5.32 Å². The molecule has 2 N–H and O–H groups in total. The van der Waals surface area contributed by atoms with Crippen LogP contribution in [0.2, 0.25) is 0 Å². The molecule has 0 spiro atoms. The van der Waals surface area contributed by atoms with Crippen LogP contribution >= 0.6 is 0 Å². The molecule has 0 unspecified atom stereocenters. The molecule has 4 nitrogen and oxygen atoms in total. The Kier molecular flexibility index (Phi) is 4.59. The molecule has 0 saturated carbocycles. The van der Waals surface area contributed by atoms with Gasteiger partial charge >= 0.3 is 0 Å². The van der Waals surface area contributed by atoms with E-state index in [4.69, 9.17) is 4.55 Å². The molecular formula is C5H13NO3S. The van der Waals surface area contributed by atoms with E-state index in [0.29, 0.717) is 6.54 Å². The predicted molar refractivity (Wildman–Crippen MR) is 39.6 cm³/mol. The number of hydrogen-bond acceptors (Lipinski definition) is 3. The van der Waals surface area contributed by atoms with Gasteiger partial charge in [-0.1, -0.05) is 6.92 Å². The molecule has 0 aromatic carbocycles. The Labute approximate surface area is 61.4 Å². The topological polar surface area (TPSA) is 66.4 Å². The van der Waals surface area contributed by atoms with E-state index < -0.39 is 10.1 Å². The van der Waals surface area contributed by atoms with Gasteiger partial charge < -0.3 is 5.32 Å². The second-order valence-electron chi connectivity index (χ2n) is 2.04. The van der Waals surface area contributed by atoms with Crippen molar-refractivity contribution in [2.45, 2.75) is 13.3 Å². The van der Waals surface area contributed by atoms with Crippen molar-refractivity contribution >= 4 is 10.1 Å². The van der Waals surface area contributed by atoms with Gasteiger partial charge in [0, 0.05) is 6.54 Å². The summed E-state index contributed by atoms with van der Waals surface area (Å²) in [6.45, 7) is 3.10. The molecule has 0 aliphatic carbocycles. The van der Waals surface area contributed by atoms with Crippen molar-refractivity contribution < 1.29 is 13.0 Å². The molecule has 0 aliphatic rings. The van der Waals surface area contributed by atoms with E-state index in [0.717, 1.165) is 13.0 Å². The molecule has 0 saturated heterocycles. The van der Waals surface area contributed by atoms with Gasteiger partial charge in [-0.25, -0.2) is 0 Å². The van der Waals surface area contributed by atoms with Gasteiger partial charge in [0.15, 0.2) is 0 Å². The fraction of sp³-hybridized carbons (Fsp3) is 1.00. The van der Waals surface area contributed by atoms with Gasteiger partial charge in [0.25, 0.3) is 10.1 Å². The minimum Gasteiger partial charge on any atom is -0.316 e. The summed E-state index contributed by atoms with van der Waals surface area (Å²) < 4.78 is 28.5. The molecule has 10 heavy (non-hydrogen) atoms. The molecule has 0 bridgehead atoms. The Hall–Kier alpha value is -0.130. The van der Waals surface area contributed by atoms with Crippen LogP contribution in [0, 0.1) is 0 Å². The Morgan fingerprint density at radius 1 is 1.40 bits per heavy atom. The lowest BCUT2D eigenvalue weighted by molar-refractivity contribution is 0.480. The van der Waals surface area contributed by atoms with Gasteiger partial charge in [-0.3, -0.25) is 4.55 Å². The third-order valence-electron chi connectivity index (χ3n) is 0.964. The molecule has 0 fully saturated rings. The minimum atomic E-state index is -3.77. The van der Waals surface area contributed by atoms with Gasteiger partial charge in [0.2, 0.25) is 0 Å². The summed E-state index contributed by atoms with van der Waals surface area (Å²) in [7, 11) is -3.77. The van der Waals surface area contributed by atoms with E-state index in [2.05, 4.69) is 5.32 Å². The monoisotopic (exact) mass is 167 g/mol. The van der Waals surface area contributed by atoms with E-state index in [9.17, 15) is 8.42 Å². The first-order valence-electron chi connectivity index (χ1n) is 3.22. The molecule has 0 aliphatic heterocycles. The van der Waals surface area contributed by atoms with Gasteiger partial charge in [-0.15, -0.1) is 0 Å². The zero-order valence-electron chi connectivity index (χ0n) is 6.00.